The summed E-state index contributed by atoms with van der Waals surface area (Å²) in [7, 11) is 3.78. The largest absolute Gasteiger partial charge is 0.363 e. The Balaban J connectivity index is 2.08. The summed E-state index contributed by atoms with van der Waals surface area (Å²) in [4.78, 5) is 31.3. The van der Waals surface area contributed by atoms with Crippen LogP contribution in [-0.4, -0.2) is 48.9 Å². The Labute approximate surface area is 168 Å². The van der Waals surface area contributed by atoms with Crippen LogP contribution >= 0.6 is 23.4 Å². The highest BCUT2D eigenvalue weighted by Crippen LogP contribution is 2.16. The van der Waals surface area contributed by atoms with Crippen molar-refractivity contribution in [3.8, 4) is 0 Å². The van der Waals surface area contributed by atoms with E-state index in [2.05, 4.69) is 15.6 Å². The molecule has 8 heteroatoms. The highest BCUT2D eigenvalue weighted by Gasteiger charge is 2.22. The molecule has 0 saturated carbocycles. The zero-order valence-corrected chi connectivity index (χ0v) is 17.1. The molecule has 1 atom stereocenters. The standard InChI is InChI=1S/C19H23ClN4O2S/c1-24(2)17-9-8-13(12-21-17)22-19(26)16(10-11-27-3)23-18(25)14-6-4-5-7-15(14)20/h4-9,12,16H,10-11H2,1-3H3,(H,22,26)(H,23,25). The lowest BCUT2D eigenvalue weighted by Crippen LogP contribution is -2.44. The molecule has 1 aromatic carbocycles. The third kappa shape index (κ3) is 6.15. The zero-order valence-electron chi connectivity index (χ0n) is 15.5. The maximum atomic E-state index is 12.7. The second-order valence-electron chi connectivity index (χ2n) is 6.08. The lowest BCUT2D eigenvalue weighted by Gasteiger charge is -2.19. The third-order valence-electron chi connectivity index (χ3n) is 3.82. The van der Waals surface area contributed by atoms with Crippen LogP contribution in [-0.2, 0) is 4.79 Å². The first-order chi connectivity index (χ1) is 12.9. The minimum Gasteiger partial charge on any atom is -0.363 e. The minimum atomic E-state index is -0.672. The molecule has 1 aromatic heterocycles. The Morgan fingerprint density at radius 2 is 1.96 bits per heavy atom. The topological polar surface area (TPSA) is 74.3 Å². The number of carbonyl (C=O) groups is 2. The normalized spacial score (nSPS) is 11.6. The molecule has 6 nitrogen and oxygen atoms in total. The van der Waals surface area contributed by atoms with Gasteiger partial charge in [0, 0.05) is 14.1 Å². The SMILES string of the molecule is CSCCC(NC(=O)c1ccccc1Cl)C(=O)Nc1ccc(N(C)C)nc1. The molecule has 0 spiro atoms. The quantitative estimate of drug-likeness (QED) is 0.703. The van der Waals surface area contributed by atoms with Crippen molar-refractivity contribution in [2.75, 3.05) is 36.3 Å². The molecule has 2 aromatic rings. The van der Waals surface area contributed by atoms with Gasteiger partial charge in [0.05, 0.1) is 22.5 Å². The number of benzene rings is 1. The Hall–Kier alpha value is -2.25. The van der Waals surface area contributed by atoms with Gasteiger partial charge < -0.3 is 15.5 Å². The number of thioether (sulfide) groups is 1. The number of hydrogen-bond acceptors (Lipinski definition) is 5. The summed E-state index contributed by atoms with van der Waals surface area (Å²) >= 11 is 7.69. The summed E-state index contributed by atoms with van der Waals surface area (Å²) in [6.07, 6.45) is 4.05. The van der Waals surface area contributed by atoms with Gasteiger partial charge in [0.1, 0.15) is 11.9 Å². The Morgan fingerprint density at radius 3 is 2.56 bits per heavy atom. The maximum Gasteiger partial charge on any atom is 0.253 e. The number of anilines is 2. The van der Waals surface area contributed by atoms with Gasteiger partial charge in [0.25, 0.3) is 5.91 Å². The summed E-state index contributed by atoms with van der Waals surface area (Å²) in [5.41, 5.74) is 0.921. The molecule has 2 amide bonds. The van der Waals surface area contributed by atoms with Crippen LogP contribution in [0.5, 0.6) is 0 Å². The van der Waals surface area contributed by atoms with Crippen LogP contribution < -0.4 is 15.5 Å². The van der Waals surface area contributed by atoms with Gasteiger partial charge >= 0.3 is 0 Å². The number of amides is 2. The number of nitrogens with one attached hydrogen (secondary N) is 2. The first-order valence-electron chi connectivity index (χ1n) is 8.41. The molecule has 2 rings (SSSR count). The molecular weight excluding hydrogens is 384 g/mol. The molecule has 144 valence electrons. The molecule has 0 bridgehead atoms. The smallest absolute Gasteiger partial charge is 0.253 e. The average Bonchev–Trinajstić information content (AvgIpc) is 2.65. The first-order valence-corrected chi connectivity index (χ1v) is 10.2. The van der Waals surface area contributed by atoms with Crippen molar-refractivity contribution in [3.63, 3.8) is 0 Å². The number of rotatable bonds is 8. The molecule has 0 aliphatic heterocycles. The van der Waals surface area contributed by atoms with E-state index in [9.17, 15) is 9.59 Å². The zero-order chi connectivity index (χ0) is 19.8. The van der Waals surface area contributed by atoms with Crippen LogP contribution in [0.3, 0.4) is 0 Å². The molecule has 0 aliphatic rings. The predicted molar refractivity (Wildman–Crippen MR) is 113 cm³/mol. The highest BCUT2D eigenvalue weighted by molar-refractivity contribution is 7.98. The van der Waals surface area contributed by atoms with Crippen molar-refractivity contribution in [1.82, 2.24) is 10.3 Å². The third-order valence-corrected chi connectivity index (χ3v) is 4.80. The van der Waals surface area contributed by atoms with E-state index in [0.717, 1.165) is 11.6 Å². The fourth-order valence-corrected chi connectivity index (χ4v) is 3.03. The number of aromatic nitrogens is 1. The van der Waals surface area contributed by atoms with Gasteiger partial charge in [-0.25, -0.2) is 4.98 Å². The van der Waals surface area contributed by atoms with E-state index in [-0.39, 0.29) is 11.8 Å². The van der Waals surface area contributed by atoms with Crippen LogP contribution in [0.2, 0.25) is 5.02 Å². The number of pyridine rings is 1. The van der Waals surface area contributed by atoms with Gasteiger partial charge in [-0.15, -0.1) is 0 Å². The van der Waals surface area contributed by atoms with Crippen molar-refractivity contribution >= 4 is 46.7 Å². The van der Waals surface area contributed by atoms with Crippen molar-refractivity contribution in [3.05, 3.63) is 53.2 Å². The molecule has 0 fully saturated rings. The molecule has 0 radical (unpaired) electrons. The molecule has 1 unspecified atom stereocenters. The fraction of sp³-hybridized carbons (Fsp3) is 0.316. The van der Waals surface area contributed by atoms with Crippen LogP contribution in [0.1, 0.15) is 16.8 Å². The van der Waals surface area contributed by atoms with Gasteiger partial charge in [0.15, 0.2) is 0 Å². The van der Waals surface area contributed by atoms with Crippen LogP contribution in [0.4, 0.5) is 11.5 Å². The van der Waals surface area contributed by atoms with E-state index in [4.69, 9.17) is 11.6 Å². The number of carbonyl (C=O) groups excluding carboxylic acids is 2. The average molecular weight is 407 g/mol. The van der Waals surface area contributed by atoms with Gasteiger partial charge in [0.2, 0.25) is 5.91 Å². The van der Waals surface area contributed by atoms with E-state index < -0.39 is 6.04 Å². The van der Waals surface area contributed by atoms with Crippen LogP contribution in [0, 0.1) is 0 Å². The Morgan fingerprint density at radius 1 is 1.22 bits per heavy atom. The van der Waals surface area contributed by atoms with Crippen molar-refractivity contribution in [2.45, 2.75) is 12.5 Å². The van der Waals surface area contributed by atoms with Gasteiger partial charge in [-0.2, -0.15) is 11.8 Å². The van der Waals surface area contributed by atoms with Crippen molar-refractivity contribution in [1.29, 1.82) is 0 Å². The lowest BCUT2D eigenvalue weighted by atomic mass is 10.1. The van der Waals surface area contributed by atoms with E-state index in [1.807, 2.05) is 31.3 Å². The summed E-state index contributed by atoms with van der Waals surface area (Å²) in [6.45, 7) is 0. The second kappa shape index (κ2) is 10.2. The van der Waals surface area contributed by atoms with E-state index in [0.29, 0.717) is 22.7 Å². The van der Waals surface area contributed by atoms with E-state index in [1.165, 1.54) is 0 Å². The lowest BCUT2D eigenvalue weighted by molar-refractivity contribution is -0.118. The van der Waals surface area contributed by atoms with Gasteiger partial charge in [-0.05, 0) is 42.7 Å². The Bertz CT molecular complexity index is 784. The molecule has 0 aliphatic carbocycles. The summed E-state index contributed by atoms with van der Waals surface area (Å²) < 4.78 is 0. The first kappa shape index (κ1) is 21.1. The highest BCUT2D eigenvalue weighted by atomic mass is 35.5. The molecule has 27 heavy (non-hydrogen) atoms. The second-order valence-corrected chi connectivity index (χ2v) is 7.47. The maximum absolute atomic E-state index is 12.7. The monoisotopic (exact) mass is 406 g/mol. The molecule has 0 saturated heterocycles. The number of hydrogen-bond donors (Lipinski definition) is 2. The Kier molecular flexibility index (Phi) is 7.94. The summed E-state index contributed by atoms with van der Waals surface area (Å²) in [5.74, 6) is 0.865. The van der Waals surface area contributed by atoms with Crippen LogP contribution in [0.25, 0.3) is 0 Å². The molecular formula is C19H23ClN4O2S. The van der Waals surface area contributed by atoms with Crippen molar-refractivity contribution in [2.24, 2.45) is 0 Å². The summed E-state index contributed by atoms with van der Waals surface area (Å²) in [6, 6.07) is 9.68. The van der Waals surface area contributed by atoms with E-state index >= 15 is 0 Å². The van der Waals surface area contributed by atoms with Gasteiger partial charge in [-0.3, -0.25) is 9.59 Å². The number of halogens is 1. The minimum absolute atomic E-state index is 0.288. The summed E-state index contributed by atoms with van der Waals surface area (Å²) in [5, 5.41) is 5.94. The number of nitrogens with zero attached hydrogens (tertiary/aromatic N) is 2. The predicted octanol–water partition coefficient (Wildman–Crippen LogP) is 3.29. The molecule has 2 N–H and O–H groups in total. The fourth-order valence-electron chi connectivity index (χ4n) is 2.34. The van der Waals surface area contributed by atoms with Crippen molar-refractivity contribution < 1.29 is 9.59 Å². The van der Waals surface area contributed by atoms with E-state index in [1.54, 1.807) is 48.3 Å². The van der Waals surface area contributed by atoms with Crippen LogP contribution in [0.15, 0.2) is 42.6 Å². The van der Waals surface area contributed by atoms with Gasteiger partial charge in [-0.1, -0.05) is 23.7 Å². The molecule has 1 heterocycles.